The van der Waals surface area contributed by atoms with Crippen molar-refractivity contribution >= 4 is 47.1 Å². The minimum absolute atomic E-state index is 0.0578. The van der Waals surface area contributed by atoms with Crippen molar-refractivity contribution in [3.8, 4) is 34.5 Å². The first-order valence-corrected chi connectivity index (χ1v) is 26.9. The van der Waals surface area contributed by atoms with Crippen molar-refractivity contribution in [1.29, 1.82) is 0 Å². The molecular weight excluding hydrogens is 1000 g/mol. The molecule has 78 heavy (non-hydrogen) atoms. The number of ether oxygens (including phenoxy) is 7. The molecule has 3 aliphatic heterocycles. The average Bonchev–Trinajstić information content (AvgIpc) is 3.79. The van der Waals surface area contributed by atoms with Crippen LogP contribution in [0.3, 0.4) is 0 Å². The average molecular weight is 1080 g/mol. The highest BCUT2D eigenvalue weighted by Gasteiger charge is 2.46. The lowest BCUT2D eigenvalue weighted by atomic mass is 9.91. The second-order valence-corrected chi connectivity index (χ2v) is 19.6. The monoisotopic (exact) mass is 1080 g/mol. The van der Waals surface area contributed by atoms with Gasteiger partial charge >= 0.3 is 5.97 Å². The van der Waals surface area contributed by atoms with E-state index in [-0.39, 0.29) is 42.4 Å². The Hall–Kier alpha value is -7.83. The molecule has 0 saturated carbocycles. The van der Waals surface area contributed by atoms with E-state index in [0.29, 0.717) is 96.6 Å². The summed E-state index contributed by atoms with van der Waals surface area (Å²) >= 11 is 0. The summed E-state index contributed by atoms with van der Waals surface area (Å²) in [5.74, 6) is -0.823. The minimum atomic E-state index is -1.02. The van der Waals surface area contributed by atoms with Crippen molar-refractivity contribution in [2.75, 3.05) is 67.1 Å². The van der Waals surface area contributed by atoms with Gasteiger partial charge in [0.2, 0.25) is 23.5 Å². The fourth-order valence-corrected chi connectivity index (χ4v) is 10.4. The summed E-state index contributed by atoms with van der Waals surface area (Å²) in [5.41, 5.74) is 3.31. The van der Waals surface area contributed by atoms with Crippen molar-refractivity contribution in [3.63, 3.8) is 0 Å². The minimum Gasteiger partial charge on any atom is -0.493 e. The lowest BCUT2D eigenvalue weighted by Gasteiger charge is -2.37. The SMILES string of the molecule is CCC(C(=O)N1CCCCC1C(=O)OC(CCc1ccc(OC)c(OC)c1)c1cccc(OCC(=O)NCCCCCCCCNc2cccc3c2C(=O)N(C2CCC(=O)NC2=O)C3=O)c1)c1cc(OC)c(OC)c(OC)c1. The fraction of sp³-hybridized carbons (Fsp3) is 0.475. The lowest BCUT2D eigenvalue weighted by Crippen LogP contribution is -2.54. The van der Waals surface area contributed by atoms with E-state index in [0.717, 1.165) is 61.8 Å². The molecule has 19 heteroatoms. The Labute approximate surface area is 455 Å². The summed E-state index contributed by atoms with van der Waals surface area (Å²) in [6.07, 6.45) is 8.12. The number of nitrogens with zero attached hydrogens (tertiary/aromatic N) is 2. The summed E-state index contributed by atoms with van der Waals surface area (Å²) in [7, 11) is 7.72. The van der Waals surface area contributed by atoms with Crippen LogP contribution < -0.4 is 44.4 Å². The molecule has 3 heterocycles. The number of esters is 1. The zero-order chi connectivity index (χ0) is 55.7. The van der Waals surface area contributed by atoms with Crippen LogP contribution in [0.15, 0.2) is 72.8 Å². The Morgan fingerprint density at radius 2 is 1.42 bits per heavy atom. The van der Waals surface area contributed by atoms with Gasteiger partial charge in [-0.05, 0) is 123 Å². The number of carbonyl (C=O) groups excluding carboxylic acids is 7. The third-order valence-corrected chi connectivity index (χ3v) is 14.6. The van der Waals surface area contributed by atoms with E-state index in [1.165, 1.54) is 21.3 Å². The van der Waals surface area contributed by atoms with E-state index < -0.39 is 53.7 Å². The molecule has 2 fully saturated rings. The number of unbranched alkanes of at least 4 members (excludes halogenated alkanes) is 5. The molecule has 0 aromatic heterocycles. The van der Waals surface area contributed by atoms with Crippen molar-refractivity contribution in [2.24, 2.45) is 0 Å². The van der Waals surface area contributed by atoms with Crippen LogP contribution >= 0.6 is 0 Å². The van der Waals surface area contributed by atoms with Crippen LogP contribution in [0.2, 0.25) is 0 Å². The molecule has 7 rings (SSSR count). The Morgan fingerprint density at radius 1 is 0.718 bits per heavy atom. The van der Waals surface area contributed by atoms with Crippen LogP contribution in [-0.2, 0) is 35.1 Å². The van der Waals surface area contributed by atoms with Crippen molar-refractivity contribution in [3.05, 3.63) is 101 Å². The Morgan fingerprint density at radius 3 is 2.12 bits per heavy atom. The largest absolute Gasteiger partial charge is 0.493 e. The molecule has 4 atom stereocenters. The third-order valence-electron chi connectivity index (χ3n) is 14.6. The molecule has 2 saturated heterocycles. The van der Waals surface area contributed by atoms with Crippen LogP contribution in [0.1, 0.15) is 140 Å². The van der Waals surface area contributed by atoms with Gasteiger partial charge in [0.1, 0.15) is 23.9 Å². The summed E-state index contributed by atoms with van der Waals surface area (Å²) < 4.78 is 40.2. The predicted molar refractivity (Wildman–Crippen MR) is 289 cm³/mol. The van der Waals surface area contributed by atoms with Gasteiger partial charge in [-0.15, -0.1) is 0 Å². The molecule has 3 aliphatic rings. The number of imide groups is 2. The van der Waals surface area contributed by atoms with Gasteiger partial charge in [-0.3, -0.25) is 39.0 Å². The number of methoxy groups -OCH3 is 5. The standard InChI is InChI=1S/C59H73N5O14/c1-7-41(39-34-49(74-4)54(76-6)50(35-39)75-5)56(68)63-31-15-12-22-45(63)59(71)78-46(26-23-37-24-27-47(72-2)48(32-37)73-3)38-18-16-19-40(33-38)77-36-52(66)61-30-14-11-9-8-10-13-29-60-43-21-17-20-42-53(43)58(70)64(57(42)69)44-25-28-51(65)62-55(44)67/h16-21,24,27,32-35,41,44-46,60H,7-15,22-23,25-26,28-31,36H2,1-6H3,(H,61,66)(H,62,65,67). The fourth-order valence-electron chi connectivity index (χ4n) is 10.4. The molecule has 0 spiro atoms. The summed E-state index contributed by atoms with van der Waals surface area (Å²) in [4.78, 5) is 95.3. The number of amides is 6. The second-order valence-electron chi connectivity index (χ2n) is 19.6. The molecule has 19 nitrogen and oxygen atoms in total. The lowest BCUT2D eigenvalue weighted by molar-refractivity contribution is -0.162. The maximum absolute atomic E-state index is 14.5. The van der Waals surface area contributed by atoms with Crippen LogP contribution in [0.5, 0.6) is 34.5 Å². The topological polar surface area (TPSA) is 227 Å². The van der Waals surface area contributed by atoms with Crippen LogP contribution in [0.25, 0.3) is 0 Å². The van der Waals surface area contributed by atoms with E-state index in [1.807, 2.05) is 31.2 Å². The highest BCUT2D eigenvalue weighted by Crippen LogP contribution is 2.42. The van der Waals surface area contributed by atoms with Crippen LogP contribution in [0, 0.1) is 0 Å². The van der Waals surface area contributed by atoms with Gasteiger partial charge < -0.3 is 48.7 Å². The molecule has 418 valence electrons. The zero-order valence-corrected chi connectivity index (χ0v) is 45.6. The van der Waals surface area contributed by atoms with Crippen LogP contribution in [-0.4, -0.2) is 125 Å². The Balaban J connectivity index is 0.894. The number of rotatable bonds is 28. The third kappa shape index (κ3) is 14.0. The summed E-state index contributed by atoms with van der Waals surface area (Å²) in [6.45, 7) is 3.19. The smallest absolute Gasteiger partial charge is 0.329 e. The van der Waals surface area contributed by atoms with Gasteiger partial charge in [-0.25, -0.2) is 4.79 Å². The summed E-state index contributed by atoms with van der Waals surface area (Å²) in [5, 5.41) is 8.46. The molecule has 4 unspecified atom stereocenters. The number of fused-ring (bicyclic) bond motifs is 1. The maximum Gasteiger partial charge on any atom is 0.329 e. The van der Waals surface area contributed by atoms with E-state index in [4.69, 9.17) is 33.2 Å². The number of hydrogen-bond acceptors (Lipinski definition) is 15. The molecule has 0 bridgehead atoms. The Kier molecular flexibility index (Phi) is 20.8. The summed E-state index contributed by atoms with van der Waals surface area (Å²) in [6, 6.07) is 19.6. The molecule has 6 amide bonds. The number of anilines is 1. The zero-order valence-electron chi connectivity index (χ0n) is 45.6. The quantitative estimate of drug-likeness (QED) is 0.0279. The van der Waals surface area contributed by atoms with E-state index in [1.54, 1.807) is 67.7 Å². The highest BCUT2D eigenvalue weighted by atomic mass is 16.5. The predicted octanol–water partition coefficient (Wildman–Crippen LogP) is 7.87. The number of hydrogen-bond donors (Lipinski definition) is 3. The Bertz CT molecular complexity index is 2780. The number of aryl methyl sites for hydroxylation is 1. The molecule has 4 aromatic carbocycles. The molecule has 4 aromatic rings. The van der Waals surface area contributed by atoms with Crippen molar-refractivity contribution < 1.29 is 66.7 Å². The second kappa shape index (κ2) is 28.0. The number of carbonyl (C=O) groups is 7. The van der Waals surface area contributed by atoms with E-state index in [2.05, 4.69) is 16.0 Å². The number of benzene rings is 4. The van der Waals surface area contributed by atoms with Gasteiger partial charge in [0.25, 0.3) is 17.7 Å². The van der Waals surface area contributed by atoms with Gasteiger partial charge in [-0.1, -0.05) is 56.9 Å². The first-order valence-electron chi connectivity index (χ1n) is 26.9. The molecule has 0 aliphatic carbocycles. The number of likely N-dealkylation sites (tertiary alicyclic amines) is 1. The molecule has 0 radical (unpaired) electrons. The normalized spacial score (nSPS) is 16.8. The first kappa shape index (κ1) is 57.9. The van der Waals surface area contributed by atoms with Gasteiger partial charge in [0.05, 0.1) is 52.6 Å². The number of nitrogens with one attached hydrogen (secondary N) is 3. The highest BCUT2D eigenvalue weighted by molar-refractivity contribution is 6.25. The molecule has 3 N–H and O–H groups in total. The van der Waals surface area contributed by atoms with Gasteiger partial charge in [-0.2, -0.15) is 0 Å². The van der Waals surface area contributed by atoms with E-state index >= 15 is 0 Å². The van der Waals surface area contributed by atoms with Gasteiger partial charge in [0.15, 0.2) is 29.6 Å². The maximum atomic E-state index is 14.5. The van der Waals surface area contributed by atoms with E-state index in [9.17, 15) is 33.6 Å². The van der Waals surface area contributed by atoms with Crippen molar-refractivity contribution in [1.82, 2.24) is 20.4 Å². The van der Waals surface area contributed by atoms with Gasteiger partial charge in [0, 0.05) is 31.7 Å². The number of piperidine rings is 2. The van der Waals surface area contributed by atoms with Crippen LogP contribution in [0.4, 0.5) is 5.69 Å². The first-order chi connectivity index (χ1) is 37.8. The van der Waals surface area contributed by atoms with Crippen molar-refractivity contribution in [2.45, 2.75) is 121 Å². The molecular formula is C59H73N5O14.